The van der Waals surface area contributed by atoms with Gasteiger partial charge in [0.1, 0.15) is 18.6 Å². The second-order valence-electron chi connectivity index (χ2n) is 2.50. The van der Waals surface area contributed by atoms with Crippen LogP contribution in [0, 0.1) is 0 Å². The maximum atomic E-state index is 10.4. The number of benzene rings is 1. The average molecular weight is 241 g/mol. The molecule has 13 heavy (non-hydrogen) atoms. The Morgan fingerprint density at radius 3 is 3.00 bits per heavy atom. The molecule has 2 nitrogen and oxygen atoms in total. The normalized spacial score (nSPS) is 9.31. The monoisotopic (exact) mass is 240 g/mol. The van der Waals surface area contributed by atoms with E-state index in [1.807, 2.05) is 0 Å². The van der Waals surface area contributed by atoms with E-state index in [-0.39, 0.29) is 0 Å². The second kappa shape index (κ2) is 4.82. The SMILES string of the molecule is C=C(Br)COc1cccc(C=O)c1. The van der Waals surface area contributed by atoms with E-state index in [4.69, 9.17) is 4.74 Å². The molecule has 1 rings (SSSR count). The first-order valence-corrected chi connectivity index (χ1v) is 4.53. The summed E-state index contributed by atoms with van der Waals surface area (Å²) in [5.41, 5.74) is 0.609. The minimum absolute atomic E-state index is 0.405. The highest BCUT2D eigenvalue weighted by atomic mass is 79.9. The molecule has 0 saturated carbocycles. The molecule has 0 fully saturated rings. The number of hydrogen-bond acceptors (Lipinski definition) is 2. The van der Waals surface area contributed by atoms with Gasteiger partial charge in [-0.15, -0.1) is 0 Å². The molecular formula is C10H9BrO2. The minimum Gasteiger partial charge on any atom is -0.488 e. The molecule has 0 aliphatic rings. The van der Waals surface area contributed by atoms with Crippen LogP contribution >= 0.6 is 15.9 Å². The van der Waals surface area contributed by atoms with Crippen molar-refractivity contribution in [1.29, 1.82) is 0 Å². The highest BCUT2D eigenvalue weighted by molar-refractivity contribution is 9.11. The van der Waals surface area contributed by atoms with E-state index in [0.717, 1.165) is 10.8 Å². The molecule has 0 spiro atoms. The van der Waals surface area contributed by atoms with E-state index in [0.29, 0.717) is 17.9 Å². The number of carbonyl (C=O) groups is 1. The van der Waals surface area contributed by atoms with Crippen molar-refractivity contribution in [2.24, 2.45) is 0 Å². The van der Waals surface area contributed by atoms with Gasteiger partial charge in [-0.05, 0) is 12.1 Å². The lowest BCUT2D eigenvalue weighted by molar-refractivity contribution is 0.112. The van der Waals surface area contributed by atoms with Crippen LogP contribution in [0.3, 0.4) is 0 Å². The first-order valence-electron chi connectivity index (χ1n) is 3.73. The van der Waals surface area contributed by atoms with Gasteiger partial charge in [-0.1, -0.05) is 34.6 Å². The summed E-state index contributed by atoms with van der Waals surface area (Å²) in [6.07, 6.45) is 0.788. The van der Waals surface area contributed by atoms with E-state index >= 15 is 0 Å². The molecule has 0 atom stereocenters. The molecule has 0 aliphatic carbocycles. The molecule has 1 aromatic carbocycles. The van der Waals surface area contributed by atoms with E-state index in [1.165, 1.54) is 0 Å². The third-order valence-electron chi connectivity index (χ3n) is 1.39. The quantitative estimate of drug-likeness (QED) is 0.757. The molecule has 68 valence electrons. The third kappa shape index (κ3) is 3.42. The van der Waals surface area contributed by atoms with Crippen LogP contribution in [0.15, 0.2) is 35.3 Å². The van der Waals surface area contributed by atoms with Crippen molar-refractivity contribution in [1.82, 2.24) is 0 Å². The Balaban J connectivity index is 2.66. The Labute approximate surface area is 85.3 Å². The molecule has 0 bridgehead atoms. The van der Waals surface area contributed by atoms with Crippen LogP contribution in [0.25, 0.3) is 0 Å². The van der Waals surface area contributed by atoms with Crippen molar-refractivity contribution >= 4 is 22.2 Å². The molecule has 1 aromatic rings. The van der Waals surface area contributed by atoms with Crippen molar-refractivity contribution in [3.05, 3.63) is 40.9 Å². The highest BCUT2D eigenvalue weighted by Gasteiger charge is 1.95. The molecule has 0 N–H and O–H groups in total. The Bertz CT molecular complexity index is 320. The van der Waals surface area contributed by atoms with Crippen molar-refractivity contribution in [2.75, 3.05) is 6.61 Å². The van der Waals surface area contributed by atoms with Gasteiger partial charge in [-0.2, -0.15) is 0 Å². The highest BCUT2D eigenvalue weighted by Crippen LogP contribution is 2.13. The van der Waals surface area contributed by atoms with E-state index in [9.17, 15) is 4.79 Å². The predicted molar refractivity (Wildman–Crippen MR) is 55.4 cm³/mol. The fourth-order valence-electron chi connectivity index (χ4n) is 0.839. The fourth-order valence-corrected chi connectivity index (χ4v) is 0.954. The average Bonchev–Trinajstić information content (AvgIpc) is 2.15. The van der Waals surface area contributed by atoms with E-state index in [1.54, 1.807) is 24.3 Å². The Kier molecular flexibility index (Phi) is 3.71. The molecule has 0 unspecified atom stereocenters. The Morgan fingerprint density at radius 1 is 1.62 bits per heavy atom. The van der Waals surface area contributed by atoms with Gasteiger partial charge in [0.25, 0.3) is 0 Å². The lowest BCUT2D eigenvalue weighted by Gasteiger charge is -2.04. The van der Waals surface area contributed by atoms with Gasteiger partial charge in [0.15, 0.2) is 0 Å². The van der Waals surface area contributed by atoms with Crippen molar-refractivity contribution in [2.45, 2.75) is 0 Å². The van der Waals surface area contributed by atoms with Crippen molar-refractivity contribution < 1.29 is 9.53 Å². The number of rotatable bonds is 4. The van der Waals surface area contributed by atoms with Gasteiger partial charge >= 0.3 is 0 Å². The summed E-state index contributed by atoms with van der Waals surface area (Å²) >= 11 is 3.18. The van der Waals surface area contributed by atoms with Gasteiger partial charge in [-0.25, -0.2) is 0 Å². The van der Waals surface area contributed by atoms with Crippen LogP contribution < -0.4 is 4.74 Å². The standard InChI is InChI=1S/C10H9BrO2/c1-8(11)7-13-10-4-2-3-9(5-10)6-12/h2-6H,1,7H2. The lowest BCUT2D eigenvalue weighted by Crippen LogP contribution is -1.96. The Hall–Kier alpha value is -1.09. The zero-order chi connectivity index (χ0) is 9.68. The topological polar surface area (TPSA) is 26.3 Å². The van der Waals surface area contributed by atoms with Crippen LogP contribution in [0.1, 0.15) is 10.4 Å². The lowest BCUT2D eigenvalue weighted by atomic mass is 10.2. The molecule has 3 heteroatoms. The molecular weight excluding hydrogens is 232 g/mol. The second-order valence-corrected chi connectivity index (χ2v) is 3.62. The van der Waals surface area contributed by atoms with Crippen LogP contribution in [0.5, 0.6) is 5.75 Å². The fraction of sp³-hybridized carbons (Fsp3) is 0.100. The number of carbonyl (C=O) groups excluding carboxylic acids is 1. The molecule has 0 saturated heterocycles. The maximum absolute atomic E-state index is 10.4. The van der Waals surface area contributed by atoms with Crippen LogP contribution in [0.4, 0.5) is 0 Å². The van der Waals surface area contributed by atoms with Gasteiger partial charge in [-0.3, -0.25) is 4.79 Å². The van der Waals surface area contributed by atoms with Crippen molar-refractivity contribution in [3.8, 4) is 5.75 Å². The summed E-state index contributed by atoms with van der Waals surface area (Å²) in [7, 11) is 0. The first-order chi connectivity index (χ1) is 6.22. The summed E-state index contributed by atoms with van der Waals surface area (Å²) < 4.78 is 6.07. The van der Waals surface area contributed by atoms with Gasteiger partial charge < -0.3 is 4.74 Å². The minimum atomic E-state index is 0.405. The third-order valence-corrected chi connectivity index (χ3v) is 1.62. The number of ether oxygens (including phenoxy) is 1. The molecule has 0 aromatic heterocycles. The summed E-state index contributed by atoms with van der Waals surface area (Å²) in [5, 5.41) is 0. The molecule has 0 aliphatic heterocycles. The summed E-state index contributed by atoms with van der Waals surface area (Å²) in [4.78, 5) is 10.4. The number of aldehydes is 1. The maximum Gasteiger partial charge on any atom is 0.150 e. The smallest absolute Gasteiger partial charge is 0.150 e. The zero-order valence-corrected chi connectivity index (χ0v) is 8.58. The number of hydrogen-bond donors (Lipinski definition) is 0. The summed E-state index contributed by atoms with van der Waals surface area (Å²) in [6, 6.07) is 6.98. The van der Waals surface area contributed by atoms with E-state index < -0.39 is 0 Å². The largest absolute Gasteiger partial charge is 0.488 e. The summed E-state index contributed by atoms with van der Waals surface area (Å²) in [6.45, 7) is 4.04. The van der Waals surface area contributed by atoms with Gasteiger partial charge in [0, 0.05) is 10.0 Å². The predicted octanol–water partition coefficient (Wildman–Crippen LogP) is 2.79. The molecule has 0 heterocycles. The van der Waals surface area contributed by atoms with E-state index in [2.05, 4.69) is 22.5 Å². The zero-order valence-electron chi connectivity index (χ0n) is 7.00. The molecule has 0 radical (unpaired) electrons. The van der Waals surface area contributed by atoms with Gasteiger partial charge in [0.05, 0.1) is 0 Å². The van der Waals surface area contributed by atoms with Crippen LogP contribution in [-0.4, -0.2) is 12.9 Å². The number of halogens is 1. The molecule has 0 amide bonds. The summed E-state index contributed by atoms with van der Waals surface area (Å²) in [5.74, 6) is 0.671. The van der Waals surface area contributed by atoms with Crippen LogP contribution in [-0.2, 0) is 0 Å². The first kappa shape index (κ1) is 9.99. The van der Waals surface area contributed by atoms with Crippen LogP contribution in [0.2, 0.25) is 0 Å². The van der Waals surface area contributed by atoms with Gasteiger partial charge in [0.2, 0.25) is 0 Å². The van der Waals surface area contributed by atoms with Crippen molar-refractivity contribution in [3.63, 3.8) is 0 Å². The Morgan fingerprint density at radius 2 is 2.38 bits per heavy atom.